The molecule has 0 saturated carbocycles. The van der Waals surface area contributed by atoms with Gasteiger partial charge in [-0.1, -0.05) is 18.2 Å². The lowest BCUT2D eigenvalue weighted by Crippen LogP contribution is -2.44. The zero-order chi connectivity index (χ0) is 18.4. The Hall–Kier alpha value is -3.06. The van der Waals surface area contributed by atoms with Crippen molar-refractivity contribution in [1.29, 1.82) is 0 Å². The normalized spacial score (nSPS) is 17.3. The summed E-state index contributed by atoms with van der Waals surface area (Å²) in [6.07, 6.45) is 5.78. The number of nitrogens with zero attached hydrogens (tertiary/aromatic N) is 1. The van der Waals surface area contributed by atoms with Crippen molar-refractivity contribution >= 4 is 17.9 Å². The lowest BCUT2D eigenvalue weighted by atomic mass is 10.1. The van der Waals surface area contributed by atoms with Crippen LogP contribution in [0.1, 0.15) is 29.0 Å². The summed E-state index contributed by atoms with van der Waals surface area (Å²) in [6, 6.07) is 10.6. The summed E-state index contributed by atoms with van der Waals surface area (Å²) in [5.41, 5.74) is 2.26. The number of likely N-dealkylation sites (tertiary alicyclic amines) is 1. The largest absolute Gasteiger partial charge is 0.488 e. The number of carbonyl (C=O) groups excluding carboxylic acids is 2. The standard InChI is InChI=1S/C19H20N2O5/c22-18(20-24)10-9-14-5-1-2-7-16(14)26-15-6-3-11-21(13-15)19(23)17-8-4-12-25-17/h1-2,4-5,7-10,12,15,24H,3,6,11,13H2,(H,20,22)/t15-/m0/s1. The van der Waals surface area contributed by atoms with E-state index >= 15 is 0 Å². The third-order valence-electron chi connectivity index (χ3n) is 4.13. The molecule has 1 saturated heterocycles. The molecule has 1 aromatic carbocycles. The molecule has 7 heteroatoms. The minimum atomic E-state index is -0.618. The number of hydrogen-bond acceptors (Lipinski definition) is 5. The third-order valence-corrected chi connectivity index (χ3v) is 4.13. The Bertz CT molecular complexity index is 785. The van der Waals surface area contributed by atoms with E-state index in [1.54, 1.807) is 28.6 Å². The van der Waals surface area contributed by atoms with Crippen LogP contribution >= 0.6 is 0 Å². The number of piperidine rings is 1. The van der Waals surface area contributed by atoms with E-state index in [4.69, 9.17) is 14.4 Å². The molecular formula is C19H20N2O5. The molecule has 1 atom stereocenters. The van der Waals surface area contributed by atoms with Crippen LogP contribution in [-0.2, 0) is 4.79 Å². The number of hydrogen-bond donors (Lipinski definition) is 2. The molecule has 1 aliphatic heterocycles. The fourth-order valence-corrected chi connectivity index (χ4v) is 2.88. The second kappa shape index (κ2) is 8.35. The molecule has 0 unspecified atom stereocenters. The molecule has 136 valence electrons. The van der Waals surface area contributed by atoms with Gasteiger partial charge >= 0.3 is 0 Å². The molecule has 2 heterocycles. The van der Waals surface area contributed by atoms with Crippen LogP contribution < -0.4 is 10.2 Å². The van der Waals surface area contributed by atoms with Crippen molar-refractivity contribution < 1.29 is 24.0 Å². The van der Waals surface area contributed by atoms with Crippen molar-refractivity contribution in [3.63, 3.8) is 0 Å². The predicted molar refractivity (Wildman–Crippen MR) is 93.7 cm³/mol. The number of amides is 2. The summed E-state index contributed by atoms with van der Waals surface area (Å²) >= 11 is 0. The van der Waals surface area contributed by atoms with E-state index in [-0.39, 0.29) is 12.0 Å². The summed E-state index contributed by atoms with van der Waals surface area (Å²) in [5.74, 6) is 0.180. The Kier molecular flexibility index (Phi) is 5.70. The smallest absolute Gasteiger partial charge is 0.289 e. The van der Waals surface area contributed by atoms with E-state index in [0.29, 0.717) is 30.2 Å². The van der Waals surface area contributed by atoms with Crippen LogP contribution in [0.3, 0.4) is 0 Å². The summed E-state index contributed by atoms with van der Waals surface area (Å²) in [7, 11) is 0. The minimum Gasteiger partial charge on any atom is -0.488 e. The van der Waals surface area contributed by atoms with Gasteiger partial charge < -0.3 is 14.1 Å². The van der Waals surface area contributed by atoms with Crippen LogP contribution in [0, 0.1) is 0 Å². The summed E-state index contributed by atoms with van der Waals surface area (Å²) in [6.45, 7) is 1.13. The SMILES string of the molecule is O=C(C=Cc1ccccc1O[C@H]1CCCN(C(=O)c2ccco2)C1)NO. The van der Waals surface area contributed by atoms with Gasteiger partial charge in [0, 0.05) is 18.2 Å². The summed E-state index contributed by atoms with van der Waals surface area (Å²) in [4.78, 5) is 25.3. The molecular weight excluding hydrogens is 336 g/mol. The van der Waals surface area contributed by atoms with Crippen molar-refractivity contribution in [3.05, 3.63) is 60.1 Å². The highest BCUT2D eigenvalue weighted by atomic mass is 16.5. The minimum absolute atomic E-state index is 0.143. The van der Waals surface area contributed by atoms with E-state index < -0.39 is 5.91 Å². The maximum Gasteiger partial charge on any atom is 0.289 e. The molecule has 2 amide bonds. The number of nitrogens with one attached hydrogen (secondary N) is 1. The van der Waals surface area contributed by atoms with Gasteiger partial charge in [-0.25, -0.2) is 5.48 Å². The van der Waals surface area contributed by atoms with Gasteiger partial charge in [-0.05, 0) is 37.1 Å². The molecule has 0 aliphatic carbocycles. The van der Waals surface area contributed by atoms with E-state index in [9.17, 15) is 9.59 Å². The molecule has 0 spiro atoms. The molecule has 7 nitrogen and oxygen atoms in total. The topological polar surface area (TPSA) is 92.0 Å². The first-order valence-electron chi connectivity index (χ1n) is 8.38. The second-order valence-electron chi connectivity index (χ2n) is 5.96. The van der Waals surface area contributed by atoms with Crippen molar-refractivity contribution in [2.75, 3.05) is 13.1 Å². The van der Waals surface area contributed by atoms with Gasteiger partial charge in [-0.2, -0.15) is 0 Å². The second-order valence-corrected chi connectivity index (χ2v) is 5.96. The Morgan fingerprint density at radius 3 is 2.88 bits per heavy atom. The van der Waals surface area contributed by atoms with Crippen molar-refractivity contribution in [3.8, 4) is 5.75 Å². The zero-order valence-electron chi connectivity index (χ0n) is 14.1. The lowest BCUT2D eigenvalue weighted by molar-refractivity contribution is -0.124. The third kappa shape index (κ3) is 4.31. The number of para-hydroxylation sites is 1. The van der Waals surface area contributed by atoms with Crippen LogP contribution in [0.2, 0.25) is 0 Å². The van der Waals surface area contributed by atoms with E-state index in [1.807, 2.05) is 24.3 Å². The molecule has 3 rings (SSSR count). The quantitative estimate of drug-likeness (QED) is 0.488. The molecule has 0 bridgehead atoms. The average Bonchev–Trinajstić information content (AvgIpc) is 3.21. The van der Waals surface area contributed by atoms with Crippen LogP contribution in [0.25, 0.3) is 6.08 Å². The fourth-order valence-electron chi connectivity index (χ4n) is 2.88. The van der Waals surface area contributed by atoms with Crippen molar-refractivity contribution in [2.45, 2.75) is 18.9 Å². The van der Waals surface area contributed by atoms with Gasteiger partial charge in [0.25, 0.3) is 11.8 Å². The first kappa shape index (κ1) is 17.8. The zero-order valence-corrected chi connectivity index (χ0v) is 14.1. The highest BCUT2D eigenvalue weighted by Gasteiger charge is 2.27. The van der Waals surface area contributed by atoms with Crippen molar-refractivity contribution in [2.24, 2.45) is 0 Å². The number of ether oxygens (including phenoxy) is 1. The Morgan fingerprint density at radius 1 is 1.27 bits per heavy atom. The van der Waals surface area contributed by atoms with Gasteiger partial charge in [0.1, 0.15) is 11.9 Å². The van der Waals surface area contributed by atoms with Crippen LogP contribution in [0.15, 0.2) is 53.2 Å². The maximum atomic E-state index is 12.4. The molecule has 1 fully saturated rings. The number of carbonyl (C=O) groups is 2. The number of hydroxylamine groups is 1. The van der Waals surface area contributed by atoms with Gasteiger partial charge in [-0.3, -0.25) is 14.8 Å². The fraction of sp³-hybridized carbons (Fsp3) is 0.263. The Morgan fingerprint density at radius 2 is 2.12 bits per heavy atom. The van der Waals surface area contributed by atoms with E-state index in [2.05, 4.69) is 0 Å². The summed E-state index contributed by atoms with van der Waals surface area (Å²) in [5, 5.41) is 8.58. The van der Waals surface area contributed by atoms with Crippen molar-refractivity contribution in [1.82, 2.24) is 10.4 Å². The molecule has 2 N–H and O–H groups in total. The van der Waals surface area contributed by atoms with Crippen LogP contribution in [0.4, 0.5) is 0 Å². The van der Waals surface area contributed by atoms with Crippen LogP contribution in [0.5, 0.6) is 5.75 Å². The van der Waals surface area contributed by atoms with Gasteiger partial charge in [0.15, 0.2) is 5.76 Å². The van der Waals surface area contributed by atoms with E-state index in [1.165, 1.54) is 12.3 Å². The predicted octanol–water partition coefficient (Wildman–Crippen LogP) is 2.48. The van der Waals surface area contributed by atoms with Gasteiger partial charge in [0.05, 0.1) is 12.8 Å². The molecule has 0 radical (unpaired) electrons. The molecule has 1 aromatic heterocycles. The Balaban J connectivity index is 1.68. The average molecular weight is 356 g/mol. The molecule has 26 heavy (non-hydrogen) atoms. The first-order chi connectivity index (χ1) is 12.7. The maximum absolute atomic E-state index is 12.4. The summed E-state index contributed by atoms with van der Waals surface area (Å²) < 4.78 is 11.3. The lowest BCUT2D eigenvalue weighted by Gasteiger charge is -2.32. The Labute approximate surface area is 150 Å². The number of furan rings is 1. The van der Waals surface area contributed by atoms with Crippen LogP contribution in [-0.4, -0.2) is 41.1 Å². The monoisotopic (exact) mass is 356 g/mol. The number of rotatable bonds is 5. The van der Waals surface area contributed by atoms with Gasteiger partial charge in [-0.15, -0.1) is 0 Å². The van der Waals surface area contributed by atoms with Gasteiger partial charge in [0.2, 0.25) is 0 Å². The molecule has 1 aliphatic rings. The van der Waals surface area contributed by atoms with E-state index in [0.717, 1.165) is 12.8 Å². The number of benzene rings is 1. The molecule has 2 aromatic rings. The highest BCUT2D eigenvalue weighted by molar-refractivity contribution is 5.92. The first-order valence-corrected chi connectivity index (χ1v) is 8.38. The highest BCUT2D eigenvalue weighted by Crippen LogP contribution is 2.24.